The Morgan fingerprint density at radius 2 is 1.41 bits per heavy atom. The molecule has 0 spiro atoms. The molecule has 0 aromatic heterocycles. The van der Waals surface area contributed by atoms with Gasteiger partial charge in [-0.15, -0.1) is 0 Å². The maximum absolute atomic E-state index is 6.07. The summed E-state index contributed by atoms with van der Waals surface area (Å²) >= 11 is 0. The van der Waals surface area contributed by atoms with Crippen LogP contribution in [0, 0.1) is 0 Å². The smallest absolute Gasteiger partial charge is 0.148 e. The lowest BCUT2D eigenvalue weighted by Gasteiger charge is -2.45. The molecule has 3 heteroatoms. The van der Waals surface area contributed by atoms with Gasteiger partial charge in [0.15, 0.2) is 0 Å². The number of benzene rings is 1. The van der Waals surface area contributed by atoms with Crippen LogP contribution in [-0.2, 0) is 17.6 Å². The molecule has 2 fully saturated rings. The first-order chi connectivity index (χ1) is 21.3. The van der Waals surface area contributed by atoms with E-state index in [0.29, 0.717) is 6.04 Å². The molecule has 0 radical (unpaired) electrons. The Bertz CT molecular complexity index is 1250. The summed E-state index contributed by atoms with van der Waals surface area (Å²) < 4.78 is 6.07. The van der Waals surface area contributed by atoms with Crippen molar-refractivity contribution in [1.29, 1.82) is 0 Å². The molecule has 238 valence electrons. The highest BCUT2D eigenvalue weighted by molar-refractivity contribution is 5.59. The predicted octanol–water partition coefficient (Wildman–Crippen LogP) is 10.7. The van der Waals surface area contributed by atoms with E-state index in [1.807, 2.05) is 6.08 Å². The molecule has 3 aliphatic heterocycles. The van der Waals surface area contributed by atoms with Crippen molar-refractivity contribution in [3.63, 3.8) is 0 Å². The molecule has 2 atom stereocenters. The molecule has 0 N–H and O–H groups in total. The molecule has 1 aromatic rings. The van der Waals surface area contributed by atoms with Crippen molar-refractivity contribution in [1.82, 2.24) is 9.80 Å². The molecule has 2 saturated heterocycles. The highest BCUT2D eigenvalue weighted by Gasteiger charge is 2.42. The molecular weight excluding hydrogens is 536 g/mol. The van der Waals surface area contributed by atoms with Crippen molar-refractivity contribution in [2.24, 2.45) is 0 Å². The van der Waals surface area contributed by atoms with Gasteiger partial charge in [0.1, 0.15) is 6.23 Å². The zero-order valence-corrected chi connectivity index (χ0v) is 28.0. The van der Waals surface area contributed by atoms with Crippen molar-refractivity contribution in [3.05, 3.63) is 120 Å². The van der Waals surface area contributed by atoms with Crippen LogP contribution in [0.1, 0.15) is 108 Å². The second kappa shape index (κ2) is 16.9. The van der Waals surface area contributed by atoms with Crippen LogP contribution in [-0.4, -0.2) is 35.2 Å². The quantitative estimate of drug-likeness (QED) is 0.117. The van der Waals surface area contributed by atoms with Gasteiger partial charge in [-0.2, -0.15) is 0 Å². The van der Waals surface area contributed by atoms with Gasteiger partial charge in [-0.25, -0.2) is 0 Å². The third-order valence-corrected chi connectivity index (χ3v) is 9.55. The van der Waals surface area contributed by atoms with Gasteiger partial charge < -0.3 is 14.5 Å². The first-order valence-corrected chi connectivity index (χ1v) is 17.4. The first kappa shape index (κ1) is 33.8. The van der Waals surface area contributed by atoms with Gasteiger partial charge >= 0.3 is 0 Å². The highest BCUT2D eigenvalue weighted by Crippen LogP contribution is 2.42. The van der Waals surface area contributed by atoms with Crippen LogP contribution in [0.25, 0.3) is 0 Å². The molecule has 0 bridgehead atoms. The fraction of sp³-hybridized carbons (Fsp3) is 0.512. The lowest BCUT2D eigenvalue weighted by molar-refractivity contribution is 0.0169. The van der Waals surface area contributed by atoms with Crippen LogP contribution >= 0.6 is 0 Å². The summed E-state index contributed by atoms with van der Waals surface area (Å²) in [6.45, 7) is 27.9. The van der Waals surface area contributed by atoms with E-state index in [0.717, 1.165) is 61.4 Å². The minimum Gasteiger partial charge on any atom is -0.354 e. The molecule has 0 amide bonds. The van der Waals surface area contributed by atoms with Crippen molar-refractivity contribution < 1.29 is 4.74 Å². The number of fused-ring (bicyclic) bond motifs is 2. The first-order valence-electron chi connectivity index (χ1n) is 17.4. The molecule has 3 heterocycles. The summed E-state index contributed by atoms with van der Waals surface area (Å²) in [5, 5.41) is 0. The van der Waals surface area contributed by atoms with E-state index < -0.39 is 0 Å². The lowest BCUT2D eigenvalue weighted by Crippen LogP contribution is -2.49. The summed E-state index contributed by atoms with van der Waals surface area (Å²) in [7, 11) is 0. The zero-order valence-electron chi connectivity index (χ0n) is 28.0. The van der Waals surface area contributed by atoms with E-state index in [9.17, 15) is 0 Å². The molecule has 44 heavy (non-hydrogen) atoms. The van der Waals surface area contributed by atoms with E-state index in [4.69, 9.17) is 4.74 Å². The molecule has 4 rings (SSSR count). The number of allylic oxidation sites excluding steroid dienone is 6. The van der Waals surface area contributed by atoms with Gasteiger partial charge in [0.25, 0.3) is 0 Å². The Hall–Kier alpha value is -3.04. The van der Waals surface area contributed by atoms with Gasteiger partial charge in [-0.05, 0) is 66.9 Å². The number of rotatable bonds is 19. The molecule has 1 aromatic carbocycles. The van der Waals surface area contributed by atoms with Crippen molar-refractivity contribution in [3.8, 4) is 0 Å². The monoisotopic (exact) mass is 594 g/mol. The molecule has 0 aliphatic carbocycles. The normalized spacial score (nSPS) is 19.6. The predicted molar refractivity (Wildman–Crippen MR) is 189 cm³/mol. The fourth-order valence-corrected chi connectivity index (χ4v) is 7.01. The second-order valence-corrected chi connectivity index (χ2v) is 13.4. The Balaban J connectivity index is 1.22. The second-order valence-electron chi connectivity index (χ2n) is 13.4. The van der Waals surface area contributed by atoms with Crippen LogP contribution in [0.3, 0.4) is 0 Å². The zero-order chi connectivity index (χ0) is 31.5. The van der Waals surface area contributed by atoms with Gasteiger partial charge in [0.05, 0.1) is 30.6 Å². The van der Waals surface area contributed by atoms with Crippen molar-refractivity contribution in [2.75, 3.05) is 13.2 Å². The van der Waals surface area contributed by atoms with Crippen LogP contribution in [0.2, 0.25) is 0 Å². The Labute approximate surface area is 269 Å². The van der Waals surface area contributed by atoms with Crippen molar-refractivity contribution in [2.45, 2.75) is 122 Å². The average Bonchev–Trinajstić information content (AvgIpc) is 3.38. The largest absolute Gasteiger partial charge is 0.354 e. The average molecular weight is 595 g/mol. The van der Waals surface area contributed by atoms with Crippen LogP contribution in [0.5, 0.6) is 0 Å². The SMILES string of the molecule is C=CC1=CN2CC3OCC(C)N3C(=C)C2=C(CC(=C)Cc2ccc(CC(=C)CCCCCCCCCCCCC)cc2)C1=C. The minimum atomic E-state index is 0.0358. The highest BCUT2D eigenvalue weighted by atomic mass is 16.5. The van der Waals surface area contributed by atoms with E-state index in [1.165, 1.54) is 98.5 Å². The fourth-order valence-electron chi connectivity index (χ4n) is 7.01. The van der Waals surface area contributed by atoms with E-state index >= 15 is 0 Å². The molecule has 0 saturated carbocycles. The standard InChI is InChI=1S/C41H58N2O/c1-8-10-11-12-13-14-15-16-17-18-19-20-31(3)25-36-21-23-37(24-22-36)26-32(4)27-39-34(6)38(9-2)28-42-29-40-43(33(5)30-44-40)35(7)41(39)42/h9,21-24,28,33,40H,2-4,6-8,10-20,25-27,29-30H2,1,5H3. The molecular formula is C41H58N2O. The van der Waals surface area contributed by atoms with Gasteiger partial charge in [-0.3, -0.25) is 0 Å². The molecule has 3 aliphatic rings. The molecule has 2 unspecified atom stereocenters. The summed E-state index contributed by atoms with van der Waals surface area (Å²) in [6.07, 6.45) is 23.0. The van der Waals surface area contributed by atoms with E-state index in [2.05, 4.69) is 87.0 Å². The van der Waals surface area contributed by atoms with Crippen LogP contribution in [0.4, 0.5) is 0 Å². The van der Waals surface area contributed by atoms with Crippen LogP contribution < -0.4 is 0 Å². The number of unbranched alkanes of at least 4 members (excludes halogenated alkanes) is 10. The Morgan fingerprint density at radius 3 is 2.00 bits per heavy atom. The van der Waals surface area contributed by atoms with E-state index in [1.54, 1.807) is 0 Å². The number of hydrogen-bond acceptors (Lipinski definition) is 3. The van der Waals surface area contributed by atoms with Crippen LogP contribution in [0.15, 0.2) is 109 Å². The maximum atomic E-state index is 6.07. The lowest BCUT2D eigenvalue weighted by atomic mass is 9.86. The third-order valence-electron chi connectivity index (χ3n) is 9.55. The van der Waals surface area contributed by atoms with Gasteiger partial charge in [-0.1, -0.05) is 146 Å². The molecule has 3 nitrogen and oxygen atoms in total. The van der Waals surface area contributed by atoms with Crippen molar-refractivity contribution >= 4 is 0 Å². The number of piperazine rings is 1. The summed E-state index contributed by atoms with van der Waals surface area (Å²) in [4.78, 5) is 4.62. The maximum Gasteiger partial charge on any atom is 0.148 e. The summed E-state index contributed by atoms with van der Waals surface area (Å²) in [5.41, 5.74) is 10.6. The third kappa shape index (κ3) is 9.00. The Kier molecular flexibility index (Phi) is 13.0. The number of hydrogen-bond donors (Lipinski definition) is 0. The van der Waals surface area contributed by atoms with Gasteiger partial charge in [0, 0.05) is 6.20 Å². The summed E-state index contributed by atoms with van der Waals surface area (Å²) in [5.74, 6) is 0. The summed E-state index contributed by atoms with van der Waals surface area (Å²) in [6, 6.07) is 9.39. The Morgan fingerprint density at radius 1 is 0.841 bits per heavy atom. The number of ether oxygens (including phenoxy) is 1. The number of nitrogens with zero attached hydrogens (tertiary/aromatic N) is 2. The van der Waals surface area contributed by atoms with Gasteiger partial charge in [0.2, 0.25) is 0 Å². The minimum absolute atomic E-state index is 0.0358. The topological polar surface area (TPSA) is 15.7 Å². The van der Waals surface area contributed by atoms with E-state index in [-0.39, 0.29) is 6.23 Å².